The van der Waals surface area contributed by atoms with Gasteiger partial charge in [0.2, 0.25) is 5.75 Å². The maximum absolute atomic E-state index is 15.4. The van der Waals surface area contributed by atoms with Crippen LogP contribution in [0.25, 0.3) is 5.78 Å². The van der Waals surface area contributed by atoms with Gasteiger partial charge in [-0.2, -0.15) is 9.50 Å². The summed E-state index contributed by atoms with van der Waals surface area (Å²) in [6.07, 6.45) is -1.74. The molecule has 8 aromatic carbocycles. The normalized spacial score (nSPS) is 14.2. The minimum absolute atomic E-state index is 0.0638. The van der Waals surface area contributed by atoms with Crippen LogP contribution in [-0.2, 0) is 48.6 Å². The van der Waals surface area contributed by atoms with Crippen LogP contribution in [-0.4, -0.2) is 106 Å². The molecule has 0 unspecified atom stereocenters. The summed E-state index contributed by atoms with van der Waals surface area (Å²) < 4.78 is 29.9. The zero-order valence-corrected chi connectivity index (χ0v) is 58.3. The second-order valence-electron chi connectivity index (χ2n) is 23.6. The van der Waals surface area contributed by atoms with Crippen LogP contribution in [0, 0.1) is 6.92 Å². The van der Waals surface area contributed by atoms with Gasteiger partial charge in [0.1, 0.15) is 33.4 Å². The van der Waals surface area contributed by atoms with Crippen molar-refractivity contribution in [1.82, 2.24) is 34.8 Å². The molecule has 0 saturated carbocycles. The zero-order valence-electron chi connectivity index (χ0n) is 55.8. The van der Waals surface area contributed by atoms with E-state index in [0.717, 1.165) is 72.1 Å². The Balaban J connectivity index is 0.845. The summed E-state index contributed by atoms with van der Waals surface area (Å²) in [5, 5.41) is 16.5. The predicted octanol–water partition coefficient (Wildman–Crippen LogP) is 12.4. The average Bonchev–Trinajstić information content (AvgIpc) is 0.853. The molecule has 2 atom stereocenters. The molecule has 2 amide bonds. The van der Waals surface area contributed by atoms with E-state index in [9.17, 15) is 24.0 Å². The Labute approximate surface area is 607 Å². The highest BCUT2D eigenvalue weighted by Gasteiger charge is 2.55. The summed E-state index contributed by atoms with van der Waals surface area (Å²) in [4.78, 5) is 132. The molecule has 0 aliphatic carbocycles. The molecule has 2 aliphatic rings. The number of anilines is 1. The highest BCUT2D eigenvalue weighted by molar-refractivity contribution is 8.01. The number of nitrogens with zero attached hydrogens (tertiary/aromatic N) is 7. The highest BCUT2D eigenvalue weighted by Crippen LogP contribution is 2.45. The summed E-state index contributed by atoms with van der Waals surface area (Å²) >= 11 is 3.59. The minimum atomic E-state index is -1.35. The molecule has 104 heavy (non-hydrogen) atoms. The lowest BCUT2D eigenvalue weighted by molar-refractivity contribution is -0.154. The number of ether oxygens (including phenoxy) is 5. The van der Waals surface area contributed by atoms with Crippen LogP contribution < -0.4 is 24.8 Å². The number of amides is 2. The summed E-state index contributed by atoms with van der Waals surface area (Å²) in [6.45, 7) is 4.90. The molecule has 1 fully saturated rings. The fourth-order valence-corrected chi connectivity index (χ4v) is 15.2. The molecule has 0 radical (unpaired) electrons. The van der Waals surface area contributed by atoms with Crippen LogP contribution in [0.1, 0.15) is 104 Å². The summed E-state index contributed by atoms with van der Waals surface area (Å²) in [6, 6.07) is 68.2. The van der Waals surface area contributed by atoms with Crippen LogP contribution in [0.3, 0.4) is 0 Å². The van der Waals surface area contributed by atoms with E-state index in [1.807, 2.05) is 212 Å². The fraction of sp³-hybridized carbons (Fsp3) is 0.141. The van der Waals surface area contributed by atoms with E-state index in [-0.39, 0.29) is 39.6 Å². The van der Waals surface area contributed by atoms with Crippen molar-refractivity contribution in [3.05, 3.63) is 309 Å². The van der Waals surface area contributed by atoms with Crippen LogP contribution >= 0.6 is 34.9 Å². The van der Waals surface area contributed by atoms with E-state index in [2.05, 4.69) is 30.9 Å². The van der Waals surface area contributed by atoms with Gasteiger partial charge in [0, 0.05) is 43.4 Å². The molecule has 0 spiro atoms. The lowest BCUT2D eigenvalue weighted by Gasteiger charge is -2.49. The van der Waals surface area contributed by atoms with Crippen molar-refractivity contribution < 1.29 is 66.9 Å². The van der Waals surface area contributed by atoms with Gasteiger partial charge in [-0.25, -0.2) is 24.4 Å². The van der Waals surface area contributed by atoms with Crippen LogP contribution in [0.15, 0.2) is 257 Å². The number of nitrogens with one attached hydrogen (secondary N) is 2. The van der Waals surface area contributed by atoms with E-state index < -0.39 is 105 Å². The summed E-state index contributed by atoms with van der Waals surface area (Å²) in [5.41, 5.74) is 3.87. The number of carbonyl (C=O) groups is 8. The molecule has 13 rings (SSSR count). The van der Waals surface area contributed by atoms with Gasteiger partial charge in [-0.1, -0.05) is 217 Å². The molecule has 1 saturated heterocycles. The van der Waals surface area contributed by atoms with Crippen molar-refractivity contribution in [2.24, 2.45) is 5.16 Å². The van der Waals surface area contributed by atoms with E-state index in [0.29, 0.717) is 27.4 Å². The monoisotopic (exact) mass is 1440 g/mol. The lowest BCUT2D eigenvalue weighted by Crippen LogP contribution is -2.71. The third-order valence-corrected chi connectivity index (χ3v) is 19.7. The van der Waals surface area contributed by atoms with Gasteiger partial charge in [-0.3, -0.25) is 28.9 Å². The number of thiazole rings is 1. The van der Waals surface area contributed by atoms with Crippen LogP contribution in [0.2, 0.25) is 0 Å². The third-order valence-electron chi connectivity index (χ3n) is 16.5. The maximum Gasteiger partial charge on any atom is 0.379 e. The lowest BCUT2D eigenvalue weighted by atomic mass is 9.77. The molecule has 2 N–H and O–H groups in total. The van der Waals surface area contributed by atoms with Crippen molar-refractivity contribution >= 4 is 99.1 Å². The molecule has 3 aromatic heterocycles. The Morgan fingerprint density at radius 3 is 1.55 bits per heavy atom. The molecule has 23 nitrogen and oxygen atoms in total. The Kier molecular flexibility index (Phi) is 21.0. The van der Waals surface area contributed by atoms with E-state index >= 15 is 14.4 Å². The number of rotatable bonds is 24. The van der Waals surface area contributed by atoms with Crippen molar-refractivity contribution in [1.29, 1.82) is 0 Å². The Hall–Kier alpha value is -12.4. The number of aryl methyl sites for hydroxylation is 1. The first-order valence-corrected chi connectivity index (χ1v) is 35.3. The molecular formula is C78H61N9O14S3. The maximum atomic E-state index is 15.4. The highest BCUT2D eigenvalue weighted by atomic mass is 32.2. The van der Waals surface area contributed by atoms with E-state index in [1.54, 1.807) is 13.0 Å². The third kappa shape index (κ3) is 15.3. The first kappa shape index (κ1) is 70.1. The second-order valence-corrected chi connectivity index (χ2v) is 26.6. The van der Waals surface area contributed by atoms with Crippen molar-refractivity contribution in [3.8, 4) is 17.2 Å². The quantitative estimate of drug-likeness (QED) is 0.00654. The SMILES string of the molecule is CC(=O)Oc1cc(C(=O)O/N=C(\C(=O)N[C@@H]2C(=O)N3C(C(=O)OC(c4ccccc4)c4ccccc4)=C(CSc4cc(C)nc5nc(C(=O)OC(c6ccccc6)c6ccccc6)nn45)CS[C@H]23)c2csc(NC(c3ccccc3)(c3ccccc3)c3ccccc3)n2)cc(OC(C)=O)c1OC(C)=O. The smallest absolute Gasteiger partial charge is 0.379 e. The van der Waals surface area contributed by atoms with Gasteiger partial charge in [-0.05, 0) is 69.6 Å². The topological polar surface area (TPSA) is 288 Å². The summed E-state index contributed by atoms with van der Waals surface area (Å²) in [7, 11) is 0. The standard InChI is InChI=1S/C78H61N9O14S3/c1-46-40-62(87-76(79-46)82-69(84-87)75(95)100-67(52-30-16-7-17-31-52)53-32-18-8-19-33-53)102-43-55-44-103-72-64(71(92)86(72)65(55)74(94)99-66(50-26-12-5-13-27-50)51-28-14-6-15-29-51)81-70(91)63(85-101-73(93)54-41-60(96-47(2)88)68(98-49(4)90)61(42-54)97-48(3)89)59-45-104-77(80-59)83-78(56-34-20-9-21-35-56,57-36-22-10-23-37-57)58-38-24-11-25-39-58/h5-42,45,64,66-67,72H,43-44H2,1-4H3,(H,80,83)(H,81,91)/b85-63-/t64-,72-/m1/s1. The molecule has 5 heterocycles. The predicted molar refractivity (Wildman–Crippen MR) is 387 cm³/mol. The number of thioether (sulfide) groups is 2. The van der Waals surface area contributed by atoms with Gasteiger partial charge in [-0.15, -0.1) is 40.0 Å². The number of hydrogen-bond donors (Lipinski definition) is 2. The molecule has 26 heteroatoms. The number of oxime groups is 1. The Bertz CT molecular complexity index is 4920. The zero-order chi connectivity index (χ0) is 72.4. The van der Waals surface area contributed by atoms with Gasteiger partial charge in [0.25, 0.3) is 23.4 Å². The van der Waals surface area contributed by atoms with Crippen molar-refractivity contribution in [2.75, 3.05) is 16.8 Å². The number of fused-ring (bicyclic) bond motifs is 2. The number of β-lactam (4-membered cyclic amide) rings is 1. The summed E-state index contributed by atoms with van der Waals surface area (Å²) in [5.74, 6) is -8.89. The fourth-order valence-electron chi connectivity index (χ4n) is 11.9. The first-order chi connectivity index (χ1) is 50.5. The molecule has 0 bridgehead atoms. The second kappa shape index (κ2) is 31.2. The number of aromatic nitrogens is 5. The molecule has 520 valence electrons. The van der Waals surface area contributed by atoms with Gasteiger partial charge >= 0.3 is 35.8 Å². The number of esters is 5. The molecule has 11 aromatic rings. The molecule has 2 aliphatic heterocycles. The van der Waals surface area contributed by atoms with Gasteiger partial charge in [0.05, 0.1) is 5.56 Å². The van der Waals surface area contributed by atoms with Crippen molar-refractivity contribution in [2.45, 2.75) is 61.9 Å². The minimum Gasteiger partial charge on any atom is -0.448 e. The number of carbonyl (C=O) groups excluding carboxylic acids is 8. The van der Waals surface area contributed by atoms with E-state index in [1.165, 1.54) is 38.3 Å². The number of hydrogen-bond acceptors (Lipinski definition) is 23. The Morgan fingerprint density at radius 2 is 1.07 bits per heavy atom. The van der Waals surface area contributed by atoms with Gasteiger partial charge < -0.3 is 39.2 Å². The largest absolute Gasteiger partial charge is 0.448 e. The van der Waals surface area contributed by atoms with E-state index in [4.69, 9.17) is 33.5 Å². The average molecular weight is 1440 g/mol. The van der Waals surface area contributed by atoms with Crippen LogP contribution in [0.5, 0.6) is 17.2 Å². The van der Waals surface area contributed by atoms with Crippen molar-refractivity contribution in [3.63, 3.8) is 0 Å². The molecular weight excluding hydrogens is 1380 g/mol. The Morgan fingerprint density at radius 1 is 0.596 bits per heavy atom. The van der Waals surface area contributed by atoms with Gasteiger partial charge in [0.15, 0.2) is 34.6 Å². The first-order valence-electron chi connectivity index (χ1n) is 32.4. The number of benzene rings is 8. The van der Waals surface area contributed by atoms with Crippen LogP contribution in [0.4, 0.5) is 5.13 Å².